The number of furan rings is 1. The molecule has 28 heavy (non-hydrogen) atoms. The fourth-order valence-electron chi connectivity index (χ4n) is 4.42. The number of hydrogen-bond acceptors (Lipinski definition) is 2. The van der Waals surface area contributed by atoms with Crippen LogP contribution in [-0.2, 0) is 14.1 Å². The Morgan fingerprint density at radius 2 is 1.64 bits per heavy atom. The lowest BCUT2D eigenvalue weighted by Gasteiger charge is -2.02. The van der Waals surface area contributed by atoms with Crippen LogP contribution in [0.1, 0.15) is 5.56 Å². The smallest absolute Gasteiger partial charge is 0.275 e. The van der Waals surface area contributed by atoms with Gasteiger partial charge in [0, 0.05) is 17.8 Å². The first-order valence-corrected chi connectivity index (χ1v) is 10.2. The van der Waals surface area contributed by atoms with Crippen molar-refractivity contribution in [2.75, 3.05) is 0 Å². The van der Waals surface area contributed by atoms with Crippen molar-refractivity contribution in [3.8, 4) is 10.6 Å². The van der Waals surface area contributed by atoms with Gasteiger partial charge in [-0.15, -0.1) is 0 Å². The summed E-state index contributed by atoms with van der Waals surface area (Å²) < 4.78 is 11.0. The number of rotatable bonds is 1. The van der Waals surface area contributed by atoms with Crippen molar-refractivity contribution < 1.29 is 8.98 Å². The molecule has 3 nitrogen and oxygen atoms in total. The zero-order valence-corrected chi connectivity index (χ0v) is 16.8. The van der Waals surface area contributed by atoms with E-state index in [0.717, 1.165) is 11.2 Å². The lowest BCUT2D eigenvalue weighted by molar-refractivity contribution is -0.628. The van der Waals surface area contributed by atoms with Crippen molar-refractivity contribution >= 4 is 54.5 Å². The summed E-state index contributed by atoms with van der Waals surface area (Å²) in [7, 11) is 4.32. The molecule has 3 heterocycles. The van der Waals surface area contributed by atoms with Crippen LogP contribution in [0.4, 0.5) is 0 Å². The fraction of sp³-hybridized carbons (Fsp3) is 0.125. The number of aryl methyl sites for hydroxylation is 3. The Morgan fingerprint density at radius 3 is 2.50 bits per heavy atom. The number of thiazole rings is 1. The predicted molar refractivity (Wildman–Crippen MR) is 117 cm³/mol. The monoisotopic (exact) mass is 383 g/mol. The van der Waals surface area contributed by atoms with Crippen LogP contribution in [0, 0.1) is 6.92 Å². The van der Waals surface area contributed by atoms with Crippen molar-refractivity contribution in [2.24, 2.45) is 14.1 Å². The number of para-hydroxylation sites is 2. The van der Waals surface area contributed by atoms with Crippen molar-refractivity contribution in [1.29, 1.82) is 0 Å². The normalized spacial score (nSPS) is 12.1. The molecule has 3 aromatic carbocycles. The molecule has 0 spiro atoms. The van der Waals surface area contributed by atoms with Gasteiger partial charge in [-0.3, -0.25) is 0 Å². The molecule has 0 aliphatic carbocycles. The molecule has 6 aromatic rings. The van der Waals surface area contributed by atoms with E-state index >= 15 is 0 Å². The van der Waals surface area contributed by atoms with Crippen LogP contribution in [0.2, 0.25) is 0 Å². The van der Waals surface area contributed by atoms with Crippen molar-refractivity contribution in [3.05, 3.63) is 66.2 Å². The molecule has 0 amide bonds. The maximum Gasteiger partial charge on any atom is 0.275 e. The second-order valence-electron chi connectivity index (χ2n) is 7.43. The molecular formula is C24H19N2OS+. The Balaban J connectivity index is 1.76. The summed E-state index contributed by atoms with van der Waals surface area (Å²) in [6, 6.07) is 21.3. The van der Waals surface area contributed by atoms with Gasteiger partial charge in [-0.05, 0) is 42.0 Å². The summed E-state index contributed by atoms with van der Waals surface area (Å²) >= 11 is 1.83. The maximum atomic E-state index is 6.35. The average Bonchev–Trinajstić information content (AvgIpc) is 3.33. The van der Waals surface area contributed by atoms with Crippen molar-refractivity contribution in [3.63, 3.8) is 0 Å². The van der Waals surface area contributed by atoms with E-state index in [2.05, 4.69) is 78.7 Å². The Morgan fingerprint density at radius 1 is 0.893 bits per heavy atom. The number of hydrogen-bond donors (Lipinski definition) is 0. The first kappa shape index (κ1) is 15.9. The Kier molecular flexibility index (Phi) is 3.10. The third kappa shape index (κ3) is 1.90. The molecule has 0 unspecified atom stereocenters. The summed E-state index contributed by atoms with van der Waals surface area (Å²) in [6.07, 6.45) is 0. The maximum absolute atomic E-state index is 6.35. The van der Waals surface area contributed by atoms with Gasteiger partial charge in [-0.25, -0.2) is 0 Å². The van der Waals surface area contributed by atoms with Crippen molar-refractivity contribution in [2.45, 2.75) is 6.92 Å². The average molecular weight is 383 g/mol. The molecule has 0 N–H and O–H groups in total. The molecule has 0 atom stereocenters. The minimum Gasteiger partial charge on any atom is -0.455 e. The van der Waals surface area contributed by atoms with E-state index in [1.165, 1.54) is 48.2 Å². The molecule has 0 radical (unpaired) electrons. The van der Waals surface area contributed by atoms with Gasteiger partial charge in [0.2, 0.25) is 5.52 Å². The largest absolute Gasteiger partial charge is 0.455 e. The third-order valence-corrected chi connectivity index (χ3v) is 7.16. The highest BCUT2D eigenvalue weighted by molar-refractivity contribution is 7.21. The van der Waals surface area contributed by atoms with Gasteiger partial charge in [0.15, 0.2) is 10.4 Å². The van der Waals surface area contributed by atoms with Gasteiger partial charge < -0.3 is 8.98 Å². The molecule has 3 aromatic heterocycles. The van der Waals surface area contributed by atoms with E-state index in [4.69, 9.17) is 4.42 Å². The SMILES string of the molecule is Cc1ccc2c(oc3ccccc32)c1-c1sc2c(c3ccccc3n2C)[n+]1C. The van der Waals surface area contributed by atoms with Crippen LogP contribution in [-0.4, -0.2) is 4.57 Å². The Hall–Kier alpha value is -3.11. The van der Waals surface area contributed by atoms with Gasteiger partial charge in [-0.1, -0.05) is 42.5 Å². The van der Waals surface area contributed by atoms with E-state index in [1.54, 1.807) is 0 Å². The summed E-state index contributed by atoms with van der Waals surface area (Å²) in [5, 5.41) is 4.87. The standard InChI is InChI=1S/C24H19N2OS/c1-14-12-13-16-15-8-5-7-11-19(15)27-22(16)20(14)23-26(3)21-17-9-4-6-10-18(17)25(2)24(21)28-23/h4-13H,1-3H3/q+1. The zero-order valence-electron chi connectivity index (χ0n) is 16.0. The molecular weight excluding hydrogens is 364 g/mol. The second-order valence-corrected chi connectivity index (χ2v) is 8.41. The summed E-state index contributed by atoms with van der Waals surface area (Å²) in [5.41, 5.74) is 6.90. The van der Waals surface area contributed by atoms with E-state index in [9.17, 15) is 0 Å². The lowest BCUT2D eigenvalue weighted by Crippen LogP contribution is -2.28. The Bertz CT molecular complexity index is 1550. The quantitative estimate of drug-likeness (QED) is 0.315. The van der Waals surface area contributed by atoms with Gasteiger partial charge in [0.05, 0.1) is 10.9 Å². The second kappa shape index (κ2) is 5.46. The number of nitrogens with zero attached hydrogens (tertiary/aromatic N) is 2. The highest BCUT2D eigenvalue weighted by Crippen LogP contribution is 2.41. The number of aromatic nitrogens is 2. The number of fused-ring (bicyclic) bond motifs is 6. The minimum atomic E-state index is 0.943. The van der Waals surface area contributed by atoms with Crippen LogP contribution >= 0.6 is 11.3 Å². The van der Waals surface area contributed by atoms with Crippen LogP contribution in [0.15, 0.2) is 65.1 Å². The van der Waals surface area contributed by atoms with Gasteiger partial charge in [-0.2, -0.15) is 4.57 Å². The van der Waals surface area contributed by atoms with Gasteiger partial charge in [0.1, 0.15) is 18.2 Å². The van der Waals surface area contributed by atoms with E-state index in [0.29, 0.717) is 0 Å². The van der Waals surface area contributed by atoms with E-state index in [-0.39, 0.29) is 0 Å². The molecule has 0 saturated carbocycles. The molecule has 6 rings (SSSR count). The fourth-order valence-corrected chi connectivity index (χ4v) is 5.77. The third-order valence-electron chi connectivity index (χ3n) is 5.83. The lowest BCUT2D eigenvalue weighted by atomic mass is 10.0. The van der Waals surface area contributed by atoms with Crippen LogP contribution in [0.5, 0.6) is 0 Å². The predicted octanol–water partition coefficient (Wildman–Crippen LogP) is 6.09. The van der Waals surface area contributed by atoms with Crippen LogP contribution in [0.25, 0.3) is 53.8 Å². The first-order chi connectivity index (χ1) is 13.6. The molecule has 0 fully saturated rings. The summed E-state index contributed by atoms with van der Waals surface area (Å²) in [5.74, 6) is 0. The highest BCUT2D eigenvalue weighted by Gasteiger charge is 2.28. The molecule has 136 valence electrons. The Labute approximate surface area is 166 Å². The van der Waals surface area contributed by atoms with Gasteiger partial charge in [0.25, 0.3) is 5.01 Å². The first-order valence-electron chi connectivity index (χ1n) is 9.42. The molecule has 0 aliphatic rings. The van der Waals surface area contributed by atoms with E-state index in [1.807, 2.05) is 23.5 Å². The highest BCUT2D eigenvalue weighted by atomic mass is 32.1. The minimum absolute atomic E-state index is 0.943. The number of benzene rings is 3. The molecule has 0 bridgehead atoms. The summed E-state index contributed by atoms with van der Waals surface area (Å²) in [4.78, 5) is 1.28. The molecule has 0 saturated heterocycles. The van der Waals surface area contributed by atoms with Crippen LogP contribution in [0.3, 0.4) is 0 Å². The molecule has 4 heteroatoms. The topological polar surface area (TPSA) is 21.9 Å². The molecule has 0 aliphatic heterocycles. The zero-order chi connectivity index (χ0) is 19.0. The van der Waals surface area contributed by atoms with Crippen molar-refractivity contribution in [1.82, 2.24) is 4.57 Å². The van der Waals surface area contributed by atoms with Gasteiger partial charge >= 0.3 is 0 Å². The van der Waals surface area contributed by atoms with E-state index < -0.39 is 0 Å². The van der Waals surface area contributed by atoms with Crippen LogP contribution < -0.4 is 4.57 Å². The summed E-state index contributed by atoms with van der Waals surface area (Å²) in [6.45, 7) is 2.17.